The second-order valence-corrected chi connectivity index (χ2v) is 7.43. The molecule has 1 fully saturated rings. The minimum absolute atomic E-state index is 0. The summed E-state index contributed by atoms with van der Waals surface area (Å²) in [4.78, 5) is 21.0. The number of guanidine groups is 1. The monoisotopic (exact) mass is 505 g/mol. The highest BCUT2D eigenvalue weighted by molar-refractivity contribution is 14.0. The molecule has 9 heteroatoms. The summed E-state index contributed by atoms with van der Waals surface area (Å²) < 4.78 is 1.83. The van der Waals surface area contributed by atoms with E-state index in [2.05, 4.69) is 52.7 Å². The van der Waals surface area contributed by atoms with Crippen LogP contribution in [0.4, 0.5) is 0 Å². The zero-order chi connectivity index (χ0) is 19.8. The first-order valence-corrected chi connectivity index (χ1v) is 9.83. The zero-order valence-electron chi connectivity index (χ0n) is 17.8. The van der Waals surface area contributed by atoms with Gasteiger partial charge in [-0.1, -0.05) is 0 Å². The van der Waals surface area contributed by atoms with Crippen LogP contribution in [0.1, 0.15) is 37.8 Å². The minimum atomic E-state index is 0. The number of rotatable bonds is 7. The maximum absolute atomic E-state index is 11.6. The Morgan fingerprint density at radius 2 is 2.07 bits per heavy atom. The van der Waals surface area contributed by atoms with E-state index in [9.17, 15) is 4.79 Å². The summed E-state index contributed by atoms with van der Waals surface area (Å²) in [6.07, 6.45) is 6.64. The van der Waals surface area contributed by atoms with Gasteiger partial charge < -0.3 is 20.4 Å². The number of halogens is 1. The molecule has 0 aliphatic carbocycles. The van der Waals surface area contributed by atoms with Crippen molar-refractivity contribution in [2.75, 3.05) is 47.3 Å². The van der Waals surface area contributed by atoms with Gasteiger partial charge in [0.2, 0.25) is 5.91 Å². The van der Waals surface area contributed by atoms with Crippen LogP contribution in [0.15, 0.2) is 17.4 Å². The van der Waals surface area contributed by atoms with E-state index in [1.807, 2.05) is 17.9 Å². The molecule has 2 N–H and O–H groups in total. The molecule has 1 saturated heterocycles. The van der Waals surface area contributed by atoms with Gasteiger partial charge in [0, 0.05) is 51.9 Å². The molecule has 8 nitrogen and oxygen atoms in total. The average molecular weight is 505 g/mol. The first-order valence-electron chi connectivity index (χ1n) is 9.83. The van der Waals surface area contributed by atoms with Gasteiger partial charge in [0.25, 0.3) is 0 Å². The molecule has 1 atom stereocenters. The summed E-state index contributed by atoms with van der Waals surface area (Å²) in [6.45, 7) is 5.49. The van der Waals surface area contributed by atoms with Gasteiger partial charge in [0.1, 0.15) is 0 Å². The topological polar surface area (TPSA) is 77.8 Å². The summed E-state index contributed by atoms with van der Waals surface area (Å²) in [5.41, 5.74) is 1.17. The van der Waals surface area contributed by atoms with Crippen LogP contribution in [0, 0.1) is 5.92 Å². The number of carbonyl (C=O) groups excluding carboxylic acids is 1. The highest BCUT2D eigenvalue weighted by atomic mass is 127. The lowest BCUT2D eigenvalue weighted by atomic mass is 9.93. The van der Waals surface area contributed by atoms with E-state index in [0.29, 0.717) is 18.9 Å². The lowest BCUT2D eigenvalue weighted by Crippen LogP contribution is -2.46. The van der Waals surface area contributed by atoms with E-state index in [1.165, 1.54) is 5.56 Å². The number of aromatic nitrogens is 2. The van der Waals surface area contributed by atoms with E-state index < -0.39 is 0 Å². The molecule has 0 aromatic carbocycles. The van der Waals surface area contributed by atoms with E-state index in [1.54, 1.807) is 7.05 Å². The zero-order valence-corrected chi connectivity index (χ0v) is 20.1. The van der Waals surface area contributed by atoms with Gasteiger partial charge in [0.15, 0.2) is 5.96 Å². The fourth-order valence-electron chi connectivity index (χ4n) is 3.49. The van der Waals surface area contributed by atoms with Crippen molar-refractivity contribution in [3.63, 3.8) is 0 Å². The standard InChI is InChI=1S/C19H35N7O.HI/c1-6-21-19(26-9-7-15(8-10-26)11-18(27)20-2)22-13-17(24(3)4)16-12-23-25(5)14-16;/h12,14-15,17H,6-11,13H2,1-5H3,(H,20,27)(H,21,22);1H. The summed E-state index contributed by atoms with van der Waals surface area (Å²) in [5.74, 6) is 1.57. The van der Waals surface area contributed by atoms with Crippen molar-refractivity contribution in [2.45, 2.75) is 32.2 Å². The van der Waals surface area contributed by atoms with Gasteiger partial charge in [-0.15, -0.1) is 24.0 Å². The lowest BCUT2D eigenvalue weighted by Gasteiger charge is -2.34. The second kappa shape index (κ2) is 12.3. The average Bonchev–Trinajstić information content (AvgIpc) is 3.07. The van der Waals surface area contributed by atoms with Crippen molar-refractivity contribution < 1.29 is 4.79 Å². The molecule has 160 valence electrons. The fraction of sp³-hybridized carbons (Fsp3) is 0.737. The van der Waals surface area contributed by atoms with Gasteiger partial charge in [-0.05, 0) is 39.8 Å². The number of piperidine rings is 1. The molecule has 2 rings (SSSR count). The Bertz CT molecular complexity index is 624. The predicted octanol–water partition coefficient (Wildman–Crippen LogP) is 1.45. The fourth-order valence-corrected chi connectivity index (χ4v) is 3.49. The SMILES string of the molecule is CCNC(=NCC(c1cnn(C)c1)N(C)C)N1CCC(CC(=O)NC)CC1.I. The van der Waals surface area contributed by atoms with Crippen LogP contribution in [-0.2, 0) is 11.8 Å². The number of likely N-dealkylation sites (tertiary alicyclic amines) is 1. The van der Waals surface area contributed by atoms with E-state index in [-0.39, 0.29) is 35.9 Å². The van der Waals surface area contributed by atoms with E-state index in [4.69, 9.17) is 4.99 Å². The van der Waals surface area contributed by atoms with Crippen LogP contribution in [0.5, 0.6) is 0 Å². The maximum atomic E-state index is 11.6. The smallest absolute Gasteiger partial charge is 0.220 e. The maximum Gasteiger partial charge on any atom is 0.220 e. The first kappa shape index (κ1) is 24.7. The molecular formula is C19H36IN7O. The van der Waals surface area contributed by atoms with Crippen LogP contribution in [0.3, 0.4) is 0 Å². The summed E-state index contributed by atoms with van der Waals surface area (Å²) in [5, 5.41) is 10.4. The molecule has 0 spiro atoms. The number of nitrogens with zero attached hydrogens (tertiary/aromatic N) is 5. The van der Waals surface area contributed by atoms with Gasteiger partial charge in [0.05, 0.1) is 18.8 Å². The van der Waals surface area contributed by atoms with Crippen molar-refractivity contribution >= 4 is 35.8 Å². The van der Waals surface area contributed by atoms with Gasteiger partial charge >= 0.3 is 0 Å². The number of hydrogen-bond acceptors (Lipinski definition) is 4. The summed E-state index contributed by atoms with van der Waals surface area (Å²) in [6, 6.07) is 0.193. The van der Waals surface area contributed by atoms with Crippen molar-refractivity contribution in [1.82, 2.24) is 30.2 Å². The van der Waals surface area contributed by atoms with Crippen molar-refractivity contribution in [2.24, 2.45) is 18.0 Å². The van der Waals surface area contributed by atoms with Crippen LogP contribution < -0.4 is 10.6 Å². The van der Waals surface area contributed by atoms with Crippen molar-refractivity contribution in [3.8, 4) is 0 Å². The third-order valence-electron chi connectivity index (χ3n) is 5.15. The van der Waals surface area contributed by atoms with Crippen molar-refractivity contribution in [3.05, 3.63) is 18.0 Å². The molecule has 1 aromatic heterocycles. The predicted molar refractivity (Wildman–Crippen MR) is 124 cm³/mol. The molecule has 0 saturated carbocycles. The Hall–Kier alpha value is -1.36. The third kappa shape index (κ3) is 7.23. The number of nitrogens with one attached hydrogen (secondary N) is 2. The Balaban J connectivity index is 0.00000392. The van der Waals surface area contributed by atoms with Gasteiger partial charge in [-0.3, -0.25) is 14.5 Å². The first-order chi connectivity index (χ1) is 12.9. The second-order valence-electron chi connectivity index (χ2n) is 7.43. The summed E-state index contributed by atoms with van der Waals surface area (Å²) in [7, 11) is 7.79. The Labute approximate surface area is 186 Å². The minimum Gasteiger partial charge on any atom is -0.359 e. The number of amides is 1. The Kier molecular flexibility index (Phi) is 10.8. The van der Waals surface area contributed by atoms with Crippen molar-refractivity contribution in [1.29, 1.82) is 0 Å². The number of carbonyl (C=O) groups is 1. The molecule has 0 radical (unpaired) electrons. The lowest BCUT2D eigenvalue weighted by molar-refractivity contribution is -0.121. The quantitative estimate of drug-likeness (QED) is 0.334. The molecule has 1 aliphatic heterocycles. The molecule has 2 heterocycles. The summed E-state index contributed by atoms with van der Waals surface area (Å²) >= 11 is 0. The van der Waals surface area contributed by atoms with Gasteiger partial charge in [-0.25, -0.2) is 0 Å². The van der Waals surface area contributed by atoms with E-state index >= 15 is 0 Å². The number of aliphatic imine (C=N–C) groups is 1. The van der Waals surface area contributed by atoms with Crippen LogP contribution in [-0.4, -0.2) is 78.8 Å². The Morgan fingerprint density at radius 3 is 2.57 bits per heavy atom. The van der Waals surface area contributed by atoms with Crippen LogP contribution >= 0.6 is 24.0 Å². The molecular weight excluding hydrogens is 469 g/mol. The Morgan fingerprint density at radius 1 is 1.39 bits per heavy atom. The van der Waals surface area contributed by atoms with Crippen LogP contribution in [0.2, 0.25) is 0 Å². The highest BCUT2D eigenvalue weighted by Gasteiger charge is 2.23. The number of aryl methyl sites for hydroxylation is 1. The normalized spacial score (nSPS) is 16.6. The number of likely N-dealkylation sites (N-methyl/N-ethyl adjacent to an activating group) is 1. The molecule has 28 heavy (non-hydrogen) atoms. The van der Waals surface area contributed by atoms with E-state index in [0.717, 1.165) is 38.4 Å². The molecule has 0 bridgehead atoms. The molecule has 1 amide bonds. The molecule has 1 unspecified atom stereocenters. The highest BCUT2D eigenvalue weighted by Crippen LogP contribution is 2.21. The number of hydrogen-bond donors (Lipinski definition) is 2. The largest absolute Gasteiger partial charge is 0.359 e. The molecule has 1 aliphatic rings. The molecule has 1 aromatic rings. The van der Waals surface area contributed by atoms with Crippen LogP contribution in [0.25, 0.3) is 0 Å². The van der Waals surface area contributed by atoms with Gasteiger partial charge in [-0.2, -0.15) is 5.10 Å². The third-order valence-corrected chi connectivity index (χ3v) is 5.15.